The standard InChI is InChI=1S/C25H22N2O3/c1-16-8-13-23(17(2)14-16)27-24(28)21-7-5-4-6-20(21)22(25(27)29)15-26-18-9-11-19(30-3)12-10-18/h4-15,29H,1-3H3. The zero-order chi connectivity index (χ0) is 21.3. The van der Waals surface area contributed by atoms with Gasteiger partial charge in [0.1, 0.15) is 5.75 Å². The van der Waals surface area contributed by atoms with Gasteiger partial charge in [-0.1, -0.05) is 35.9 Å². The Bertz CT molecular complexity index is 1320. The van der Waals surface area contributed by atoms with Gasteiger partial charge in [0, 0.05) is 17.0 Å². The van der Waals surface area contributed by atoms with Crippen molar-refractivity contribution in [2.75, 3.05) is 7.11 Å². The fourth-order valence-electron chi connectivity index (χ4n) is 3.58. The number of aromatic hydroxyl groups is 1. The molecule has 1 N–H and O–H groups in total. The van der Waals surface area contributed by atoms with Crippen LogP contribution in [0.2, 0.25) is 0 Å². The molecule has 30 heavy (non-hydrogen) atoms. The molecule has 0 amide bonds. The molecule has 0 radical (unpaired) electrons. The Morgan fingerprint density at radius 1 is 0.967 bits per heavy atom. The van der Waals surface area contributed by atoms with E-state index in [1.807, 2.05) is 74.5 Å². The summed E-state index contributed by atoms with van der Waals surface area (Å²) in [5.41, 5.74) is 3.57. The Balaban J connectivity index is 1.94. The first-order valence-electron chi connectivity index (χ1n) is 9.62. The lowest BCUT2D eigenvalue weighted by atomic mass is 10.1. The van der Waals surface area contributed by atoms with Crippen LogP contribution in [0.5, 0.6) is 11.6 Å². The maximum Gasteiger partial charge on any atom is 0.265 e. The summed E-state index contributed by atoms with van der Waals surface area (Å²) < 4.78 is 6.53. The summed E-state index contributed by atoms with van der Waals surface area (Å²) >= 11 is 0. The van der Waals surface area contributed by atoms with Gasteiger partial charge in [0.15, 0.2) is 0 Å². The van der Waals surface area contributed by atoms with Crippen molar-refractivity contribution in [2.24, 2.45) is 4.99 Å². The predicted octanol–water partition coefficient (Wildman–Crippen LogP) is 5.07. The number of hydrogen-bond donors (Lipinski definition) is 1. The summed E-state index contributed by atoms with van der Waals surface area (Å²) in [7, 11) is 1.61. The highest BCUT2D eigenvalue weighted by Crippen LogP contribution is 2.28. The molecule has 150 valence electrons. The van der Waals surface area contributed by atoms with Gasteiger partial charge in [-0.25, -0.2) is 4.57 Å². The van der Waals surface area contributed by atoms with Gasteiger partial charge in [0.05, 0.1) is 24.0 Å². The van der Waals surface area contributed by atoms with E-state index >= 15 is 0 Å². The lowest BCUT2D eigenvalue weighted by Gasteiger charge is -2.16. The van der Waals surface area contributed by atoms with Crippen molar-refractivity contribution in [3.63, 3.8) is 0 Å². The van der Waals surface area contributed by atoms with Crippen LogP contribution in [0.15, 0.2) is 76.5 Å². The van der Waals surface area contributed by atoms with E-state index in [1.165, 1.54) is 4.57 Å². The zero-order valence-corrected chi connectivity index (χ0v) is 17.1. The van der Waals surface area contributed by atoms with Crippen molar-refractivity contribution >= 4 is 22.7 Å². The van der Waals surface area contributed by atoms with Crippen LogP contribution in [-0.2, 0) is 0 Å². The van der Waals surface area contributed by atoms with E-state index in [0.29, 0.717) is 27.7 Å². The van der Waals surface area contributed by atoms with E-state index in [4.69, 9.17) is 4.74 Å². The molecular weight excluding hydrogens is 376 g/mol. The lowest BCUT2D eigenvalue weighted by Crippen LogP contribution is -2.21. The van der Waals surface area contributed by atoms with E-state index in [2.05, 4.69) is 4.99 Å². The first-order valence-corrected chi connectivity index (χ1v) is 9.62. The second-order valence-corrected chi connectivity index (χ2v) is 7.17. The smallest absolute Gasteiger partial charge is 0.265 e. The van der Waals surface area contributed by atoms with E-state index in [1.54, 1.807) is 19.4 Å². The SMILES string of the molecule is COc1ccc(N=Cc2c(O)n(-c3ccc(C)cc3C)c(=O)c3ccccc23)cc1. The summed E-state index contributed by atoms with van der Waals surface area (Å²) in [5.74, 6) is 0.605. The van der Waals surface area contributed by atoms with E-state index in [9.17, 15) is 9.90 Å². The fraction of sp³-hybridized carbons (Fsp3) is 0.120. The number of nitrogens with zero attached hydrogens (tertiary/aromatic N) is 2. The van der Waals surface area contributed by atoms with Crippen LogP contribution >= 0.6 is 0 Å². The Morgan fingerprint density at radius 3 is 2.33 bits per heavy atom. The number of fused-ring (bicyclic) bond motifs is 1. The second kappa shape index (κ2) is 7.87. The average Bonchev–Trinajstić information content (AvgIpc) is 2.75. The van der Waals surface area contributed by atoms with Crippen LogP contribution in [0.4, 0.5) is 5.69 Å². The van der Waals surface area contributed by atoms with Gasteiger partial charge < -0.3 is 9.84 Å². The largest absolute Gasteiger partial charge is 0.497 e. The summed E-state index contributed by atoms with van der Waals surface area (Å²) in [6, 6.07) is 20.3. The van der Waals surface area contributed by atoms with Gasteiger partial charge in [-0.15, -0.1) is 0 Å². The molecule has 0 aliphatic carbocycles. The summed E-state index contributed by atoms with van der Waals surface area (Å²) in [6.07, 6.45) is 1.60. The van der Waals surface area contributed by atoms with Crippen LogP contribution in [0.25, 0.3) is 16.5 Å². The number of benzene rings is 3. The molecule has 5 nitrogen and oxygen atoms in total. The lowest BCUT2D eigenvalue weighted by molar-refractivity contribution is 0.415. The van der Waals surface area contributed by atoms with E-state index in [0.717, 1.165) is 16.9 Å². The number of methoxy groups -OCH3 is 1. The van der Waals surface area contributed by atoms with Crippen LogP contribution < -0.4 is 10.3 Å². The number of aliphatic imine (C=N–C) groups is 1. The Labute approximate surface area is 174 Å². The maximum absolute atomic E-state index is 13.2. The number of pyridine rings is 1. The minimum atomic E-state index is -0.267. The first kappa shape index (κ1) is 19.5. The van der Waals surface area contributed by atoms with Crippen molar-refractivity contribution in [3.05, 3.63) is 93.8 Å². The Kier molecular flexibility index (Phi) is 5.11. The topological polar surface area (TPSA) is 63.8 Å². The third-order valence-electron chi connectivity index (χ3n) is 5.11. The molecule has 0 aliphatic heterocycles. The number of rotatable bonds is 4. The van der Waals surface area contributed by atoms with Crippen molar-refractivity contribution in [2.45, 2.75) is 13.8 Å². The zero-order valence-electron chi connectivity index (χ0n) is 17.1. The molecule has 1 heterocycles. The van der Waals surface area contributed by atoms with Crippen molar-refractivity contribution < 1.29 is 9.84 Å². The summed E-state index contributed by atoms with van der Waals surface area (Å²) in [4.78, 5) is 17.7. The molecule has 4 aromatic rings. The number of aromatic nitrogens is 1. The minimum Gasteiger partial charge on any atom is -0.497 e. The quantitative estimate of drug-likeness (QED) is 0.488. The summed E-state index contributed by atoms with van der Waals surface area (Å²) in [5, 5.41) is 12.3. The second-order valence-electron chi connectivity index (χ2n) is 7.17. The minimum absolute atomic E-state index is 0.136. The normalized spacial score (nSPS) is 11.3. The molecule has 0 aliphatic rings. The molecule has 0 saturated carbocycles. The third kappa shape index (κ3) is 3.46. The summed E-state index contributed by atoms with van der Waals surface area (Å²) in [6.45, 7) is 3.92. The van der Waals surface area contributed by atoms with Crippen LogP contribution in [0.1, 0.15) is 16.7 Å². The van der Waals surface area contributed by atoms with Crippen molar-refractivity contribution in [1.82, 2.24) is 4.57 Å². The molecular formula is C25H22N2O3. The van der Waals surface area contributed by atoms with Gasteiger partial charge in [-0.2, -0.15) is 0 Å². The van der Waals surface area contributed by atoms with Crippen LogP contribution in [-0.4, -0.2) is 23.0 Å². The van der Waals surface area contributed by atoms with Gasteiger partial charge in [-0.05, 0) is 55.8 Å². The first-order chi connectivity index (χ1) is 14.5. The molecule has 4 rings (SSSR count). The molecule has 0 fully saturated rings. The van der Waals surface area contributed by atoms with E-state index in [-0.39, 0.29) is 11.4 Å². The predicted molar refractivity (Wildman–Crippen MR) is 121 cm³/mol. The number of aryl methyl sites for hydroxylation is 2. The molecule has 3 aromatic carbocycles. The van der Waals surface area contributed by atoms with Crippen molar-refractivity contribution in [1.29, 1.82) is 0 Å². The Hall–Kier alpha value is -3.86. The average molecular weight is 398 g/mol. The highest BCUT2D eigenvalue weighted by atomic mass is 16.5. The van der Waals surface area contributed by atoms with E-state index < -0.39 is 0 Å². The molecule has 0 saturated heterocycles. The van der Waals surface area contributed by atoms with Gasteiger partial charge in [-0.3, -0.25) is 9.79 Å². The highest BCUT2D eigenvalue weighted by Gasteiger charge is 2.17. The Morgan fingerprint density at radius 2 is 1.67 bits per heavy atom. The molecule has 0 atom stereocenters. The molecule has 0 spiro atoms. The number of hydrogen-bond acceptors (Lipinski definition) is 4. The molecule has 5 heteroatoms. The van der Waals surface area contributed by atoms with Crippen LogP contribution in [0, 0.1) is 13.8 Å². The van der Waals surface area contributed by atoms with Gasteiger partial charge in [0.2, 0.25) is 5.88 Å². The number of ether oxygens (including phenoxy) is 1. The highest BCUT2D eigenvalue weighted by molar-refractivity contribution is 6.02. The molecule has 1 aromatic heterocycles. The van der Waals surface area contributed by atoms with Gasteiger partial charge >= 0.3 is 0 Å². The third-order valence-corrected chi connectivity index (χ3v) is 5.11. The van der Waals surface area contributed by atoms with Crippen LogP contribution in [0.3, 0.4) is 0 Å². The van der Waals surface area contributed by atoms with Crippen molar-refractivity contribution in [3.8, 4) is 17.3 Å². The fourth-order valence-corrected chi connectivity index (χ4v) is 3.58. The van der Waals surface area contributed by atoms with Gasteiger partial charge in [0.25, 0.3) is 5.56 Å². The maximum atomic E-state index is 13.2. The monoisotopic (exact) mass is 398 g/mol. The molecule has 0 unspecified atom stereocenters. The molecule has 0 bridgehead atoms.